The summed E-state index contributed by atoms with van der Waals surface area (Å²) < 4.78 is 5.30. The van der Waals surface area contributed by atoms with E-state index in [4.69, 9.17) is 10.00 Å². The van der Waals surface area contributed by atoms with Crippen molar-refractivity contribution in [2.75, 3.05) is 19.8 Å². The van der Waals surface area contributed by atoms with Crippen LogP contribution in [0.15, 0.2) is 42.5 Å². The van der Waals surface area contributed by atoms with Gasteiger partial charge in [-0.15, -0.1) is 0 Å². The molecule has 0 unspecified atom stereocenters. The smallest absolute Gasteiger partial charge is 0.251 e. The summed E-state index contributed by atoms with van der Waals surface area (Å²) in [6.45, 7) is 2.15. The van der Waals surface area contributed by atoms with Crippen LogP contribution in [0.1, 0.15) is 22.5 Å². The molecule has 1 aromatic carbocycles. The van der Waals surface area contributed by atoms with E-state index in [1.165, 1.54) is 0 Å². The minimum atomic E-state index is -0.0813. The van der Waals surface area contributed by atoms with Crippen molar-refractivity contribution in [3.05, 3.63) is 53.7 Å². The van der Waals surface area contributed by atoms with Crippen molar-refractivity contribution in [3.8, 4) is 17.3 Å². The fraction of sp³-hybridized carbons (Fsp3) is 0.278. The maximum Gasteiger partial charge on any atom is 0.251 e. The summed E-state index contributed by atoms with van der Waals surface area (Å²) in [5.41, 5.74) is 2.59. The quantitative estimate of drug-likeness (QED) is 0.941. The van der Waals surface area contributed by atoms with Crippen LogP contribution >= 0.6 is 0 Å². The third-order valence-electron chi connectivity index (χ3n) is 3.88. The molecule has 1 aliphatic rings. The molecule has 1 amide bonds. The molecule has 0 bridgehead atoms. The number of nitrogens with one attached hydrogen (secondary N) is 1. The van der Waals surface area contributed by atoms with E-state index in [-0.39, 0.29) is 5.91 Å². The van der Waals surface area contributed by atoms with Gasteiger partial charge in [0.25, 0.3) is 5.91 Å². The van der Waals surface area contributed by atoms with E-state index >= 15 is 0 Å². The highest BCUT2D eigenvalue weighted by Crippen LogP contribution is 2.18. The molecular formula is C18H17N3O2. The van der Waals surface area contributed by atoms with Gasteiger partial charge in [0, 0.05) is 30.2 Å². The molecule has 1 saturated heterocycles. The number of carbonyl (C=O) groups excluding carboxylic acids is 1. The van der Waals surface area contributed by atoms with E-state index in [1.807, 2.05) is 24.3 Å². The zero-order valence-corrected chi connectivity index (χ0v) is 12.7. The van der Waals surface area contributed by atoms with E-state index in [0.29, 0.717) is 23.7 Å². The van der Waals surface area contributed by atoms with Crippen LogP contribution in [0.2, 0.25) is 0 Å². The van der Waals surface area contributed by atoms with Crippen molar-refractivity contribution in [1.29, 1.82) is 5.26 Å². The SMILES string of the molecule is N#Cc1cccc(-c2ccc(C(=O)NC[C@H]3CCOC3)cc2)n1. The molecule has 1 fully saturated rings. The highest BCUT2D eigenvalue weighted by atomic mass is 16.5. The van der Waals surface area contributed by atoms with Crippen molar-refractivity contribution in [3.63, 3.8) is 0 Å². The Kier molecular flexibility index (Phi) is 4.65. The summed E-state index contributed by atoms with van der Waals surface area (Å²) in [6.07, 6.45) is 1.00. The van der Waals surface area contributed by atoms with Crippen LogP contribution in [0.5, 0.6) is 0 Å². The summed E-state index contributed by atoms with van der Waals surface area (Å²) in [5, 5.41) is 11.8. The average molecular weight is 307 g/mol. The molecule has 23 heavy (non-hydrogen) atoms. The van der Waals surface area contributed by atoms with E-state index < -0.39 is 0 Å². The van der Waals surface area contributed by atoms with E-state index in [9.17, 15) is 4.79 Å². The summed E-state index contributed by atoms with van der Waals surface area (Å²) >= 11 is 0. The van der Waals surface area contributed by atoms with E-state index in [2.05, 4.69) is 10.3 Å². The lowest BCUT2D eigenvalue weighted by Gasteiger charge is -2.10. The van der Waals surface area contributed by atoms with Gasteiger partial charge >= 0.3 is 0 Å². The monoisotopic (exact) mass is 307 g/mol. The van der Waals surface area contributed by atoms with Crippen LogP contribution in [0.25, 0.3) is 11.3 Å². The number of pyridine rings is 1. The number of ether oxygens (including phenoxy) is 1. The molecular weight excluding hydrogens is 290 g/mol. The van der Waals surface area contributed by atoms with Crippen LogP contribution in [0, 0.1) is 17.2 Å². The van der Waals surface area contributed by atoms with Crippen molar-refractivity contribution in [2.24, 2.45) is 5.92 Å². The molecule has 1 aromatic heterocycles. The molecule has 0 spiro atoms. The zero-order valence-electron chi connectivity index (χ0n) is 12.7. The minimum absolute atomic E-state index is 0.0813. The number of carbonyl (C=O) groups is 1. The van der Waals surface area contributed by atoms with Gasteiger partial charge in [-0.2, -0.15) is 5.26 Å². The molecule has 2 heterocycles. The third kappa shape index (κ3) is 3.74. The van der Waals surface area contributed by atoms with Gasteiger partial charge in [0.1, 0.15) is 11.8 Å². The summed E-state index contributed by atoms with van der Waals surface area (Å²) in [4.78, 5) is 16.4. The number of hydrogen-bond donors (Lipinski definition) is 1. The Morgan fingerprint density at radius 3 is 2.83 bits per heavy atom. The molecule has 116 valence electrons. The summed E-state index contributed by atoms with van der Waals surface area (Å²) in [5.74, 6) is 0.332. The molecule has 0 aliphatic carbocycles. The Morgan fingerprint density at radius 2 is 2.13 bits per heavy atom. The van der Waals surface area contributed by atoms with Gasteiger partial charge in [0.2, 0.25) is 0 Å². The molecule has 3 rings (SSSR count). The number of benzene rings is 1. The second-order valence-corrected chi connectivity index (χ2v) is 5.54. The Bertz CT molecular complexity index is 729. The second-order valence-electron chi connectivity index (χ2n) is 5.54. The highest BCUT2D eigenvalue weighted by molar-refractivity contribution is 5.94. The first kappa shape index (κ1) is 15.2. The standard InChI is InChI=1S/C18H17N3O2/c19-10-16-2-1-3-17(21-16)14-4-6-15(7-5-14)18(22)20-11-13-8-9-23-12-13/h1-7,13H,8-9,11-12H2,(H,20,22)/t13-/m1/s1. The lowest BCUT2D eigenvalue weighted by molar-refractivity contribution is 0.0945. The van der Waals surface area contributed by atoms with E-state index in [1.54, 1.807) is 24.3 Å². The Balaban J connectivity index is 1.66. The molecule has 5 heteroatoms. The Labute approximate surface area is 134 Å². The predicted molar refractivity (Wildman–Crippen MR) is 85.6 cm³/mol. The van der Waals surface area contributed by atoms with Gasteiger partial charge in [-0.3, -0.25) is 4.79 Å². The van der Waals surface area contributed by atoms with Gasteiger partial charge in [0.05, 0.1) is 12.3 Å². The maximum absolute atomic E-state index is 12.1. The van der Waals surface area contributed by atoms with Crippen LogP contribution < -0.4 is 5.32 Å². The molecule has 0 radical (unpaired) electrons. The topological polar surface area (TPSA) is 75.0 Å². The Morgan fingerprint density at radius 1 is 1.30 bits per heavy atom. The van der Waals surface area contributed by atoms with Crippen LogP contribution in [0.4, 0.5) is 0 Å². The molecule has 1 N–H and O–H groups in total. The van der Waals surface area contributed by atoms with E-state index in [0.717, 1.165) is 30.9 Å². The van der Waals surface area contributed by atoms with Crippen molar-refractivity contribution < 1.29 is 9.53 Å². The van der Waals surface area contributed by atoms with Crippen LogP contribution in [0.3, 0.4) is 0 Å². The number of rotatable bonds is 4. The lowest BCUT2D eigenvalue weighted by atomic mass is 10.1. The lowest BCUT2D eigenvalue weighted by Crippen LogP contribution is -2.29. The molecule has 5 nitrogen and oxygen atoms in total. The van der Waals surface area contributed by atoms with Crippen molar-refractivity contribution in [1.82, 2.24) is 10.3 Å². The molecule has 0 saturated carbocycles. The number of nitriles is 1. The third-order valence-corrected chi connectivity index (χ3v) is 3.88. The molecule has 2 aromatic rings. The molecule has 1 atom stereocenters. The Hall–Kier alpha value is -2.71. The number of aromatic nitrogens is 1. The van der Waals surface area contributed by atoms with Gasteiger partial charge in [-0.25, -0.2) is 4.98 Å². The summed E-state index contributed by atoms with van der Waals surface area (Å²) in [7, 11) is 0. The van der Waals surface area contributed by atoms with Crippen LogP contribution in [-0.2, 0) is 4.74 Å². The number of amides is 1. The highest BCUT2D eigenvalue weighted by Gasteiger charge is 2.16. The van der Waals surface area contributed by atoms with Crippen molar-refractivity contribution >= 4 is 5.91 Å². The predicted octanol–water partition coefficient (Wildman–Crippen LogP) is 2.39. The second kappa shape index (κ2) is 7.03. The van der Waals surface area contributed by atoms with Gasteiger partial charge in [0.15, 0.2) is 0 Å². The largest absolute Gasteiger partial charge is 0.381 e. The normalized spacial score (nSPS) is 16.7. The first-order valence-electron chi connectivity index (χ1n) is 7.60. The molecule has 1 aliphatic heterocycles. The average Bonchev–Trinajstić information content (AvgIpc) is 3.13. The van der Waals surface area contributed by atoms with Crippen LogP contribution in [-0.4, -0.2) is 30.6 Å². The number of hydrogen-bond acceptors (Lipinski definition) is 4. The van der Waals surface area contributed by atoms with Gasteiger partial charge < -0.3 is 10.1 Å². The fourth-order valence-corrected chi connectivity index (χ4v) is 2.53. The zero-order chi connectivity index (χ0) is 16.1. The van der Waals surface area contributed by atoms with Gasteiger partial charge in [-0.1, -0.05) is 18.2 Å². The first-order valence-corrected chi connectivity index (χ1v) is 7.60. The first-order chi connectivity index (χ1) is 11.3. The minimum Gasteiger partial charge on any atom is -0.381 e. The number of nitrogens with zero attached hydrogens (tertiary/aromatic N) is 2. The fourth-order valence-electron chi connectivity index (χ4n) is 2.53. The summed E-state index contributed by atoms with van der Waals surface area (Å²) in [6, 6.07) is 14.6. The van der Waals surface area contributed by atoms with Gasteiger partial charge in [-0.05, 0) is 30.7 Å². The maximum atomic E-state index is 12.1. The van der Waals surface area contributed by atoms with Crippen molar-refractivity contribution in [2.45, 2.75) is 6.42 Å².